The summed E-state index contributed by atoms with van der Waals surface area (Å²) in [5.74, 6) is 0. The molecule has 2 heterocycles. The number of pyridine rings is 2. The number of fused-ring (bicyclic) bond motifs is 1. The summed E-state index contributed by atoms with van der Waals surface area (Å²) in [4.78, 5) is 11.6. The fourth-order valence-electron chi connectivity index (χ4n) is 1.60. The van der Waals surface area contributed by atoms with E-state index in [1.807, 2.05) is 18.2 Å². The van der Waals surface area contributed by atoms with E-state index in [9.17, 15) is 4.79 Å². The molecule has 0 saturated carbocycles. The number of rotatable bonds is 4. The molecule has 0 spiro atoms. The second kappa shape index (κ2) is 4.92. The summed E-state index contributed by atoms with van der Waals surface area (Å²) in [6.45, 7) is 0.680. The SMILES string of the molecule is COCOCc1cccn2c(=O)cccc12. The monoisotopic (exact) mass is 219 g/mol. The maximum absolute atomic E-state index is 11.6. The molecule has 4 heteroatoms. The Bertz CT molecular complexity index is 533. The summed E-state index contributed by atoms with van der Waals surface area (Å²) in [6.07, 6.45) is 1.75. The quantitative estimate of drug-likeness (QED) is 0.576. The molecule has 0 aliphatic carbocycles. The van der Waals surface area contributed by atoms with E-state index >= 15 is 0 Å². The average Bonchev–Trinajstić information content (AvgIpc) is 2.31. The van der Waals surface area contributed by atoms with Crippen LogP contribution in [-0.2, 0) is 16.1 Å². The Morgan fingerprint density at radius 3 is 2.94 bits per heavy atom. The number of ether oxygens (including phenoxy) is 2. The number of hydrogen-bond acceptors (Lipinski definition) is 3. The second-order valence-corrected chi connectivity index (χ2v) is 3.41. The van der Waals surface area contributed by atoms with E-state index in [1.54, 1.807) is 23.8 Å². The van der Waals surface area contributed by atoms with Crippen molar-refractivity contribution in [3.05, 3.63) is 52.4 Å². The van der Waals surface area contributed by atoms with E-state index in [0.717, 1.165) is 11.1 Å². The van der Waals surface area contributed by atoms with E-state index in [-0.39, 0.29) is 12.4 Å². The molecule has 16 heavy (non-hydrogen) atoms. The van der Waals surface area contributed by atoms with Gasteiger partial charge in [0.25, 0.3) is 5.56 Å². The van der Waals surface area contributed by atoms with Crippen molar-refractivity contribution in [1.29, 1.82) is 0 Å². The third-order valence-electron chi connectivity index (χ3n) is 2.31. The van der Waals surface area contributed by atoms with E-state index < -0.39 is 0 Å². The fourth-order valence-corrected chi connectivity index (χ4v) is 1.60. The molecule has 4 nitrogen and oxygen atoms in total. The lowest BCUT2D eigenvalue weighted by Gasteiger charge is -2.07. The predicted molar refractivity (Wildman–Crippen MR) is 60.3 cm³/mol. The Hall–Kier alpha value is -1.65. The second-order valence-electron chi connectivity index (χ2n) is 3.41. The Kier molecular flexibility index (Phi) is 3.34. The molecule has 2 aromatic heterocycles. The topological polar surface area (TPSA) is 39.9 Å². The third-order valence-corrected chi connectivity index (χ3v) is 2.31. The predicted octanol–water partition coefficient (Wildman–Crippen LogP) is 1.42. The van der Waals surface area contributed by atoms with Gasteiger partial charge in [0.05, 0.1) is 12.1 Å². The van der Waals surface area contributed by atoms with Crippen LogP contribution < -0.4 is 5.56 Å². The van der Waals surface area contributed by atoms with Crippen LogP contribution in [0.2, 0.25) is 0 Å². The molecule has 0 aliphatic rings. The average molecular weight is 219 g/mol. The molecule has 0 amide bonds. The van der Waals surface area contributed by atoms with E-state index in [0.29, 0.717) is 6.61 Å². The Morgan fingerprint density at radius 2 is 2.12 bits per heavy atom. The molecule has 0 unspecified atom stereocenters. The van der Waals surface area contributed by atoms with E-state index in [4.69, 9.17) is 9.47 Å². The van der Waals surface area contributed by atoms with Gasteiger partial charge in [-0.2, -0.15) is 0 Å². The summed E-state index contributed by atoms with van der Waals surface area (Å²) < 4.78 is 11.7. The zero-order valence-electron chi connectivity index (χ0n) is 9.05. The molecular weight excluding hydrogens is 206 g/mol. The third kappa shape index (κ3) is 2.13. The number of hydrogen-bond donors (Lipinski definition) is 0. The maximum atomic E-state index is 11.6. The van der Waals surface area contributed by atoms with Crippen LogP contribution >= 0.6 is 0 Å². The van der Waals surface area contributed by atoms with Gasteiger partial charge in [-0.15, -0.1) is 0 Å². The first kappa shape index (κ1) is 10.9. The van der Waals surface area contributed by atoms with Gasteiger partial charge >= 0.3 is 0 Å². The molecule has 0 aromatic carbocycles. The normalized spacial score (nSPS) is 10.8. The lowest BCUT2D eigenvalue weighted by Crippen LogP contribution is -2.12. The van der Waals surface area contributed by atoms with Crippen LogP contribution in [0, 0.1) is 0 Å². The van der Waals surface area contributed by atoms with Crippen LogP contribution in [0.25, 0.3) is 5.52 Å². The highest BCUT2D eigenvalue weighted by atomic mass is 16.7. The van der Waals surface area contributed by atoms with Crippen molar-refractivity contribution in [2.75, 3.05) is 13.9 Å². The van der Waals surface area contributed by atoms with Gasteiger partial charge in [0, 0.05) is 24.9 Å². The molecule has 0 atom stereocenters. The first-order valence-corrected chi connectivity index (χ1v) is 4.99. The van der Waals surface area contributed by atoms with Crippen molar-refractivity contribution in [1.82, 2.24) is 4.40 Å². The Labute approximate surface area is 93.0 Å². The molecule has 2 aromatic rings. The zero-order valence-corrected chi connectivity index (χ0v) is 9.05. The number of aromatic nitrogens is 1. The van der Waals surface area contributed by atoms with Crippen LogP contribution in [0.3, 0.4) is 0 Å². The summed E-state index contributed by atoms with van der Waals surface area (Å²) >= 11 is 0. The largest absolute Gasteiger partial charge is 0.359 e. The minimum Gasteiger partial charge on any atom is -0.359 e. The standard InChI is InChI=1S/C12H13NO3/c1-15-9-16-8-10-4-3-7-13-11(10)5-2-6-12(13)14/h2-7H,8-9H2,1H3. The molecule has 0 bridgehead atoms. The molecule has 2 rings (SSSR count). The highest BCUT2D eigenvalue weighted by molar-refractivity contribution is 5.53. The van der Waals surface area contributed by atoms with Crippen molar-refractivity contribution in [2.24, 2.45) is 0 Å². The fraction of sp³-hybridized carbons (Fsp3) is 0.250. The highest BCUT2D eigenvalue weighted by Crippen LogP contribution is 2.09. The minimum absolute atomic E-state index is 0.0360. The van der Waals surface area contributed by atoms with Crippen molar-refractivity contribution < 1.29 is 9.47 Å². The number of nitrogens with zero attached hydrogens (tertiary/aromatic N) is 1. The molecule has 0 fully saturated rings. The first-order valence-electron chi connectivity index (χ1n) is 4.99. The highest BCUT2D eigenvalue weighted by Gasteiger charge is 2.01. The van der Waals surface area contributed by atoms with Crippen LogP contribution in [0.15, 0.2) is 41.3 Å². The van der Waals surface area contributed by atoms with Gasteiger partial charge in [-0.25, -0.2) is 0 Å². The van der Waals surface area contributed by atoms with Crippen LogP contribution in [-0.4, -0.2) is 18.3 Å². The van der Waals surface area contributed by atoms with Gasteiger partial charge in [-0.1, -0.05) is 12.1 Å². The smallest absolute Gasteiger partial charge is 0.255 e. The Morgan fingerprint density at radius 1 is 1.25 bits per heavy atom. The first-order chi connectivity index (χ1) is 7.83. The summed E-state index contributed by atoms with van der Waals surface area (Å²) in [7, 11) is 1.58. The van der Waals surface area contributed by atoms with Crippen LogP contribution in [0.4, 0.5) is 0 Å². The lowest BCUT2D eigenvalue weighted by molar-refractivity contribution is -0.0387. The van der Waals surface area contributed by atoms with Gasteiger partial charge in [-0.05, 0) is 12.1 Å². The summed E-state index contributed by atoms with van der Waals surface area (Å²) in [6, 6.07) is 8.95. The van der Waals surface area contributed by atoms with Gasteiger partial charge in [0.15, 0.2) is 0 Å². The Balaban J connectivity index is 2.38. The van der Waals surface area contributed by atoms with Crippen molar-refractivity contribution in [2.45, 2.75) is 6.61 Å². The van der Waals surface area contributed by atoms with E-state index in [1.165, 1.54) is 6.07 Å². The van der Waals surface area contributed by atoms with Gasteiger partial charge in [0.1, 0.15) is 6.79 Å². The van der Waals surface area contributed by atoms with Crippen molar-refractivity contribution in [3.8, 4) is 0 Å². The molecule has 0 N–H and O–H groups in total. The van der Waals surface area contributed by atoms with E-state index in [2.05, 4.69) is 0 Å². The molecule has 0 radical (unpaired) electrons. The molecule has 0 saturated heterocycles. The zero-order chi connectivity index (χ0) is 11.4. The van der Waals surface area contributed by atoms with Gasteiger partial charge in [0.2, 0.25) is 0 Å². The number of methoxy groups -OCH3 is 1. The molecule has 0 aliphatic heterocycles. The maximum Gasteiger partial charge on any atom is 0.255 e. The van der Waals surface area contributed by atoms with Gasteiger partial charge < -0.3 is 9.47 Å². The summed E-state index contributed by atoms with van der Waals surface area (Å²) in [5.41, 5.74) is 1.80. The van der Waals surface area contributed by atoms with Crippen LogP contribution in [0.5, 0.6) is 0 Å². The van der Waals surface area contributed by atoms with Crippen molar-refractivity contribution in [3.63, 3.8) is 0 Å². The van der Waals surface area contributed by atoms with Crippen molar-refractivity contribution >= 4 is 5.52 Å². The van der Waals surface area contributed by atoms with Gasteiger partial charge in [-0.3, -0.25) is 9.20 Å². The van der Waals surface area contributed by atoms with Crippen LogP contribution in [0.1, 0.15) is 5.56 Å². The minimum atomic E-state index is -0.0360. The molecular formula is C12H13NO3. The lowest BCUT2D eigenvalue weighted by atomic mass is 10.2. The molecule has 84 valence electrons. The summed E-state index contributed by atoms with van der Waals surface area (Å²) in [5, 5.41) is 0.